The van der Waals surface area contributed by atoms with Crippen LogP contribution in [0.25, 0.3) is 32.0 Å². The summed E-state index contributed by atoms with van der Waals surface area (Å²) in [6.45, 7) is 12.1. The average Bonchev–Trinajstić information content (AvgIpc) is 3.35. The monoisotopic (exact) mass is 595 g/mol. The summed E-state index contributed by atoms with van der Waals surface area (Å²) in [6, 6.07) is 11.1. The van der Waals surface area contributed by atoms with E-state index in [9.17, 15) is 15.0 Å². The molecule has 5 rings (SSSR count). The van der Waals surface area contributed by atoms with Crippen LogP contribution >= 0.6 is 22.9 Å². The van der Waals surface area contributed by atoms with Crippen molar-refractivity contribution in [1.29, 1.82) is 0 Å². The summed E-state index contributed by atoms with van der Waals surface area (Å²) in [5.74, 6) is -0.524. The Morgan fingerprint density at radius 1 is 1.20 bits per heavy atom. The molecule has 2 N–H and O–H groups in total. The van der Waals surface area contributed by atoms with Crippen LogP contribution in [0.15, 0.2) is 42.6 Å². The van der Waals surface area contributed by atoms with Gasteiger partial charge in [0.25, 0.3) is 0 Å². The Bertz CT molecular complexity index is 1570. The molecule has 0 aliphatic carbocycles. The van der Waals surface area contributed by atoms with Crippen molar-refractivity contribution in [3.05, 3.63) is 58.7 Å². The van der Waals surface area contributed by atoms with Crippen LogP contribution in [-0.2, 0) is 9.53 Å². The van der Waals surface area contributed by atoms with Crippen LogP contribution in [0.2, 0.25) is 5.02 Å². The molecule has 1 saturated heterocycles. The number of rotatable bonds is 7. The molecule has 0 radical (unpaired) electrons. The third-order valence-corrected chi connectivity index (χ3v) is 8.40. The van der Waals surface area contributed by atoms with Crippen molar-refractivity contribution in [3.63, 3.8) is 0 Å². The van der Waals surface area contributed by atoms with Gasteiger partial charge in [-0.2, -0.15) is 0 Å². The number of thiazole rings is 1. The molecule has 41 heavy (non-hydrogen) atoms. The van der Waals surface area contributed by atoms with Crippen LogP contribution in [-0.4, -0.2) is 74.0 Å². The molecule has 1 unspecified atom stereocenters. The van der Waals surface area contributed by atoms with Crippen LogP contribution in [0.3, 0.4) is 0 Å². The maximum atomic E-state index is 12.6. The number of hydrogen-bond acceptors (Lipinski definition) is 9. The Labute approximate surface area is 248 Å². The number of piperazine rings is 1. The maximum absolute atomic E-state index is 12.6. The molecule has 2 atom stereocenters. The number of hydrogen-bond donors (Lipinski definition) is 2. The largest absolute Gasteiger partial charge is 0.479 e. The standard InChI is InChI=1S/C30H34ClN5O4S/c1-6-35-13-14-36(16-22(35)37)29-32-12-11-20(34-29)27-33-21-15-17(2)23(25(28(38)39)40-30(3,4)5)24(26(21)41-27)18-7-9-19(31)10-8-18/h7-12,15,22,25,37H,6,13-14,16H2,1-5H3,(H,38,39)/t22?,25-/m0/s1. The minimum Gasteiger partial charge on any atom is -0.479 e. The number of likely N-dealkylation sites (N-methyl/N-ethyl adjacent to an activating group) is 1. The lowest BCUT2D eigenvalue weighted by Crippen LogP contribution is -2.53. The van der Waals surface area contributed by atoms with Gasteiger partial charge in [-0.1, -0.05) is 30.7 Å². The Kier molecular flexibility index (Phi) is 8.31. The molecule has 1 fully saturated rings. The minimum absolute atomic E-state index is 0.421. The lowest BCUT2D eigenvalue weighted by atomic mass is 9.91. The Balaban J connectivity index is 1.64. The fourth-order valence-corrected chi connectivity index (χ4v) is 6.34. The van der Waals surface area contributed by atoms with E-state index in [0.717, 1.165) is 40.0 Å². The van der Waals surface area contributed by atoms with Crippen LogP contribution < -0.4 is 4.90 Å². The summed E-state index contributed by atoms with van der Waals surface area (Å²) in [7, 11) is 0. The molecule has 2 aromatic carbocycles. The van der Waals surface area contributed by atoms with E-state index in [1.165, 1.54) is 11.3 Å². The second-order valence-corrected chi connectivity index (χ2v) is 12.5. The number of anilines is 1. The number of β-amino-alcohol motifs (C(OH)–C–C–N with tert-alkyl or cyclic N) is 1. The molecule has 1 aliphatic rings. The predicted octanol–water partition coefficient (Wildman–Crippen LogP) is 5.78. The molecule has 11 heteroatoms. The third-order valence-electron chi connectivity index (χ3n) is 7.03. The van der Waals surface area contributed by atoms with Crippen molar-refractivity contribution < 1.29 is 19.7 Å². The molecule has 4 aromatic rings. The van der Waals surface area contributed by atoms with Crippen molar-refractivity contribution in [2.75, 3.05) is 31.1 Å². The van der Waals surface area contributed by atoms with E-state index in [-0.39, 0.29) is 0 Å². The number of aliphatic hydroxyl groups excluding tert-OH is 1. The second-order valence-electron chi connectivity index (χ2n) is 11.1. The highest BCUT2D eigenvalue weighted by molar-refractivity contribution is 7.22. The lowest BCUT2D eigenvalue weighted by molar-refractivity contribution is -0.160. The first-order valence-electron chi connectivity index (χ1n) is 13.6. The van der Waals surface area contributed by atoms with E-state index in [2.05, 4.69) is 4.98 Å². The van der Waals surface area contributed by atoms with Gasteiger partial charge in [0, 0.05) is 35.4 Å². The van der Waals surface area contributed by atoms with E-state index >= 15 is 0 Å². The van der Waals surface area contributed by atoms with Gasteiger partial charge >= 0.3 is 5.97 Å². The number of fused-ring (bicyclic) bond motifs is 1. The molecule has 9 nitrogen and oxygen atoms in total. The highest BCUT2D eigenvalue weighted by atomic mass is 35.5. The normalized spacial score (nSPS) is 17.2. The minimum atomic E-state index is -1.19. The summed E-state index contributed by atoms with van der Waals surface area (Å²) in [5.41, 5.74) is 3.64. The quantitative estimate of drug-likeness (QED) is 0.274. The Hall–Kier alpha value is -3.15. The van der Waals surface area contributed by atoms with Crippen LogP contribution in [0, 0.1) is 6.92 Å². The molecular weight excluding hydrogens is 562 g/mol. The number of benzene rings is 2. The van der Waals surface area contributed by atoms with Crippen molar-refractivity contribution in [3.8, 4) is 21.8 Å². The van der Waals surface area contributed by atoms with Crippen molar-refractivity contribution in [2.24, 2.45) is 0 Å². The van der Waals surface area contributed by atoms with Crippen LogP contribution in [0.1, 0.15) is 44.9 Å². The van der Waals surface area contributed by atoms with Gasteiger partial charge in [-0.3, -0.25) is 4.90 Å². The number of carboxylic acids is 1. The smallest absolute Gasteiger partial charge is 0.337 e. The van der Waals surface area contributed by atoms with Gasteiger partial charge in [-0.25, -0.2) is 19.7 Å². The highest BCUT2D eigenvalue weighted by Gasteiger charge is 2.32. The topological polar surface area (TPSA) is 112 Å². The van der Waals surface area contributed by atoms with Crippen molar-refractivity contribution in [1.82, 2.24) is 19.9 Å². The summed E-state index contributed by atoms with van der Waals surface area (Å²) < 4.78 is 6.94. The Morgan fingerprint density at radius 3 is 2.56 bits per heavy atom. The zero-order chi connectivity index (χ0) is 29.5. The summed E-state index contributed by atoms with van der Waals surface area (Å²) >= 11 is 7.66. The van der Waals surface area contributed by atoms with Gasteiger partial charge < -0.3 is 19.8 Å². The lowest BCUT2D eigenvalue weighted by Gasteiger charge is -2.38. The van der Waals surface area contributed by atoms with E-state index < -0.39 is 23.9 Å². The van der Waals surface area contributed by atoms with Gasteiger partial charge in [0.1, 0.15) is 16.9 Å². The second kappa shape index (κ2) is 11.6. The van der Waals surface area contributed by atoms with Crippen molar-refractivity contribution >= 4 is 45.1 Å². The van der Waals surface area contributed by atoms with Gasteiger partial charge in [0.15, 0.2) is 6.10 Å². The zero-order valence-electron chi connectivity index (χ0n) is 23.8. The summed E-state index contributed by atoms with van der Waals surface area (Å²) in [4.78, 5) is 30.8. The number of ether oxygens (including phenoxy) is 1. The molecule has 3 heterocycles. The first kappa shape index (κ1) is 29.3. The fraction of sp³-hybridized carbons (Fsp3) is 0.400. The predicted molar refractivity (Wildman–Crippen MR) is 163 cm³/mol. The van der Waals surface area contributed by atoms with E-state index in [1.54, 1.807) is 18.3 Å². The Morgan fingerprint density at radius 2 is 1.93 bits per heavy atom. The molecule has 0 saturated carbocycles. The molecule has 1 aliphatic heterocycles. The average molecular weight is 596 g/mol. The first-order valence-corrected chi connectivity index (χ1v) is 14.8. The molecule has 2 aromatic heterocycles. The number of carboxylic acid groups (broad SMARTS) is 1. The van der Waals surface area contributed by atoms with Gasteiger partial charge in [-0.05, 0) is 69.6 Å². The number of aliphatic hydroxyl groups is 1. The molecule has 0 amide bonds. The SMILES string of the molecule is CCN1CCN(c2nccc(-c3nc4cc(C)c([C@H](OC(C)(C)C)C(=O)O)c(-c5ccc(Cl)cc5)c4s3)n2)CC1O. The number of aliphatic carboxylic acids is 1. The van der Waals surface area contributed by atoms with Crippen LogP contribution in [0.5, 0.6) is 0 Å². The van der Waals surface area contributed by atoms with Crippen LogP contribution in [0.4, 0.5) is 5.95 Å². The van der Waals surface area contributed by atoms with Gasteiger partial charge in [0.2, 0.25) is 5.95 Å². The van der Waals surface area contributed by atoms with Gasteiger partial charge in [-0.15, -0.1) is 11.3 Å². The maximum Gasteiger partial charge on any atom is 0.337 e. The third kappa shape index (κ3) is 6.22. The van der Waals surface area contributed by atoms with E-state index in [1.807, 2.05) is 68.7 Å². The fourth-order valence-electron chi connectivity index (χ4n) is 5.12. The number of nitrogens with zero attached hydrogens (tertiary/aromatic N) is 5. The number of halogens is 1. The number of aryl methyl sites for hydroxylation is 1. The number of aromatic nitrogens is 3. The van der Waals surface area contributed by atoms with Crippen molar-refractivity contribution in [2.45, 2.75) is 52.6 Å². The van der Waals surface area contributed by atoms with Gasteiger partial charge in [0.05, 0.1) is 22.4 Å². The van der Waals surface area contributed by atoms with E-state index in [4.69, 9.17) is 26.3 Å². The highest BCUT2D eigenvalue weighted by Crippen LogP contribution is 2.44. The van der Waals surface area contributed by atoms with E-state index in [0.29, 0.717) is 40.3 Å². The first-order chi connectivity index (χ1) is 19.4. The molecule has 216 valence electrons. The molecular formula is C30H34ClN5O4S. The number of carbonyl (C=O) groups is 1. The molecule has 0 spiro atoms. The summed E-state index contributed by atoms with van der Waals surface area (Å²) in [6.07, 6.45) is -0.0599. The zero-order valence-corrected chi connectivity index (χ0v) is 25.3. The summed E-state index contributed by atoms with van der Waals surface area (Å²) in [5, 5.41) is 22.1. The molecule has 0 bridgehead atoms.